The minimum absolute atomic E-state index is 0.113. The lowest BCUT2D eigenvalue weighted by atomic mass is 10.0. The average molecular weight is 242 g/mol. The van der Waals surface area contributed by atoms with E-state index in [1.165, 1.54) is 12.1 Å². The summed E-state index contributed by atoms with van der Waals surface area (Å²) in [5, 5.41) is 47.0. The number of aliphatic hydroxyl groups is 3. The molecule has 1 aliphatic rings. The van der Waals surface area contributed by atoms with E-state index in [9.17, 15) is 15.3 Å². The van der Waals surface area contributed by atoms with E-state index in [-0.39, 0.29) is 17.1 Å². The molecule has 1 fully saturated rings. The minimum Gasteiger partial charge on any atom is -0.508 e. The zero-order valence-corrected chi connectivity index (χ0v) is 8.89. The molecule has 0 saturated carbocycles. The first-order valence-electron chi connectivity index (χ1n) is 5.19. The Kier molecular flexibility index (Phi) is 3.21. The monoisotopic (exact) mass is 242 g/mol. The fourth-order valence-electron chi connectivity index (χ4n) is 1.93. The van der Waals surface area contributed by atoms with Crippen LogP contribution >= 0.6 is 0 Å². The normalized spacial score (nSPS) is 32.9. The molecule has 0 amide bonds. The van der Waals surface area contributed by atoms with E-state index in [1.54, 1.807) is 0 Å². The predicted octanol–water partition coefficient (Wildman–Crippen LogP) is -0.748. The standard InChI is InChI=1S/C11H14O6/c12-4-8-9(15)10(16)11(17-8)6-2-1-5(13)3-7(6)14/h1-3,8-16H,4H2/t8-,9+,10-,11-/m0/s1. The Labute approximate surface area is 97.3 Å². The molecular weight excluding hydrogens is 228 g/mol. The summed E-state index contributed by atoms with van der Waals surface area (Å²) in [6, 6.07) is 3.85. The van der Waals surface area contributed by atoms with Crippen LogP contribution < -0.4 is 0 Å². The Morgan fingerprint density at radius 2 is 1.82 bits per heavy atom. The van der Waals surface area contributed by atoms with Crippen molar-refractivity contribution in [1.82, 2.24) is 0 Å². The van der Waals surface area contributed by atoms with Gasteiger partial charge in [-0.2, -0.15) is 0 Å². The van der Waals surface area contributed by atoms with Crippen LogP contribution in [-0.4, -0.2) is 50.5 Å². The van der Waals surface area contributed by atoms with Crippen molar-refractivity contribution in [2.45, 2.75) is 24.4 Å². The third-order valence-electron chi connectivity index (χ3n) is 2.86. The second-order valence-electron chi connectivity index (χ2n) is 4.00. The van der Waals surface area contributed by atoms with Gasteiger partial charge in [0, 0.05) is 11.6 Å². The van der Waals surface area contributed by atoms with Crippen molar-refractivity contribution in [3.05, 3.63) is 23.8 Å². The number of hydrogen-bond acceptors (Lipinski definition) is 6. The molecule has 0 aromatic heterocycles. The lowest BCUT2D eigenvalue weighted by Crippen LogP contribution is -2.32. The average Bonchev–Trinajstić information content (AvgIpc) is 2.57. The maximum Gasteiger partial charge on any atom is 0.125 e. The van der Waals surface area contributed by atoms with Crippen molar-refractivity contribution in [2.24, 2.45) is 0 Å². The maximum absolute atomic E-state index is 9.75. The van der Waals surface area contributed by atoms with Gasteiger partial charge in [-0.3, -0.25) is 0 Å². The maximum atomic E-state index is 9.75. The van der Waals surface area contributed by atoms with Crippen LogP contribution in [0.25, 0.3) is 0 Å². The molecule has 0 radical (unpaired) electrons. The lowest BCUT2D eigenvalue weighted by molar-refractivity contribution is -0.0233. The number of aromatic hydroxyl groups is 2. The van der Waals surface area contributed by atoms with Crippen LogP contribution in [0.15, 0.2) is 18.2 Å². The third-order valence-corrected chi connectivity index (χ3v) is 2.86. The first-order chi connectivity index (χ1) is 8.04. The summed E-state index contributed by atoms with van der Waals surface area (Å²) >= 11 is 0. The molecule has 1 saturated heterocycles. The minimum atomic E-state index is -1.23. The fourth-order valence-corrected chi connectivity index (χ4v) is 1.93. The SMILES string of the molecule is OC[C@@H]1O[C@@H](c2ccc(O)cc2O)[C@@H](O)[C@@H]1O. The zero-order valence-electron chi connectivity index (χ0n) is 8.89. The van der Waals surface area contributed by atoms with Gasteiger partial charge in [0.2, 0.25) is 0 Å². The molecule has 5 N–H and O–H groups in total. The molecule has 1 aromatic carbocycles. The summed E-state index contributed by atoms with van der Waals surface area (Å²) in [6.45, 7) is -0.423. The number of rotatable bonds is 2. The number of phenols is 2. The Morgan fingerprint density at radius 1 is 1.12 bits per heavy atom. The van der Waals surface area contributed by atoms with Crippen molar-refractivity contribution in [3.8, 4) is 11.5 Å². The highest BCUT2D eigenvalue weighted by molar-refractivity contribution is 5.41. The van der Waals surface area contributed by atoms with E-state index in [0.29, 0.717) is 0 Å². The van der Waals surface area contributed by atoms with Crippen LogP contribution in [0.2, 0.25) is 0 Å². The molecule has 6 nitrogen and oxygen atoms in total. The predicted molar refractivity (Wildman–Crippen MR) is 56.5 cm³/mol. The van der Waals surface area contributed by atoms with Gasteiger partial charge in [0.05, 0.1) is 6.61 Å². The molecule has 1 aromatic rings. The molecule has 4 atom stereocenters. The Balaban J connectivity index is 2.29. The zero-order chi connectivity index (χ0) is 12.6. The van der Waals surface area contributed by atoms with Gasteiger partial charge in [-0.25, -0.2) is 0 Å². The largest absolute Gasteiger partial charge is 0.508 e. The number of phenolic OH excluding ortho intramolecular Hbond substituents is 2. The Morgan fingerprint density at radius 3 is 2.35 bits per heavy atom. The van der Waals surface area contributed by atoms with Gasteiger partial charge in [0.15, 0.2) is 0 Å². The van der Waals surface area contributed by atoms with Gasteiger partial charge in [-0.05, 0) is 12.1 Å². The molecule has 6 heteroatoms. The Bertz CT molecular complexity index is 407. The summed E-state index contributed by atoms with van der Waals surface area (Å²) < 4.78 is 5.25. The third kappa shape index (κ3) is 2.07. The molecule has 17 heavy (non-hydrogen) atoms. The van der Waals surface area contributed by atoms with Gasteiger partial charge < -0.3 is 30.3 Å². The van der Waals surface area contributed by atoms with Gasteiger partial charge in [-0.1, -0.05) is 0 Å². The summed E-state index contributed by atoms with van der Waals surface area (Å²) in [5.41, 5.74) is 0.255. The number of benzene rings is 1. The van der Waals surface area contributed by atoms with E-state index in [0.717, 1.165) is 6.07 Å². The van der Waals surface area contributed by atoms with Crippen LogP contribution in [0.1, 0.15) is 11.7 Å². The smallest absolute Gasteiger partial charge is 0.125 e. The van der Waals surface area contributed by atoms with Crippen molar-refractivity contribution in [2.75, 3.05) is 6.61 Å². The summed E-state index contributed by atoms with van der Waals surface area (Å²) in [6.07, 6.45) is -4.26. The van der Waals surface area contributed by atoms with Crippen molar-refractivity contribution >= 4 is 0 Å². The van der Waals surface area contributed by atoms with E-state index in [4.69, 9.17) is 14.9 Å². The molecule has 0 bridgehead atoms. The lowest BCUT2D eigenvalue weighted by Gasteiger charge is -2.16. The van der Waals surface area contributed by atoms with Crippen LogP contribution in [0.4, 0.5) is 0 Å². The highest BCUT2D eigenvalue weighted by atomic mass is 16.6. The van der Waals surface area contributed by atoms with Crippen LogP contribution in [0.3, 0.4) is 0 Å². The van der Waals surface area contributed by atoms with Gasteiger partial charge in [-0.15, -0.1) is 0 Å². The summed E-state index contributed by atoms with van der Waals surface area (Å²) in [7, 11) is 0. The highest BCUT2D eigenvalue weighted by Crippen LogP contribution is 2.38. The second-order valence-corrected chi connectivity index (χ2v) is 4.00. The van der Waals surface area contributed by atoms with Crippen molar-refractivity contribution in [1.29, 1.82) is 0 Å². The van der Waals surface area contributed by atoms with Gasteiger partial charge >= 0.3 is 0 Å². The molecule has 0 spiro atoms. The number of hydrogen-bond donors (Lipinski definition) is 5. The molecule has 1 aliphatic heterocycles. The molecule has 0 unspecified atom stereocenters. The fraction of sp³-hybridized carbons (Fsp3) is 0.455. The van der Waals surface area contributed by atoms with E-state index in [1.807, 2.05) is 0 Å². The molecule has 94 valence electrons. The first kappa shape index (κ1) is 12.1. The Hall–Kier alpha value is -1.34. The van der Waals surface area contributed by atoms with Crippen molar-refractivity contribution < 1.29 is 30.3 Å². The quantitative estimate of drug-likeness (QED) is 0.467. The topological polar surface area (TPSA) is 110 Å². The molecular formula is C11H14O6. The van der Waals surface area contributed by atoms with Crippen LogP contribution in [-0.2, 0) is 4.74 Å². The van der Waals surface area contributed by atoms with Gasteiger partial charge in [0.25, 0.3) is 0 Å². The highest BCUT2D eigenvalue weighted by Gasteiger charge is 2.43. The number of aliphatic hydroxyl groups excluding tert-OH is 3. The summed E-state index contributed by atoms with van der Waals surface area (Å²) in [4.78, 5) is 0. The van der Waals surface area contributed by atoms with Crippen LogP contribution in [0, 0.1) is 0 Å². The second kappa shape index (κ2) is 4.50. The number of ether oxygens (including phenoxy) is 1. The van der Waals surface area contributed by atoms with E-state index in [2.05, 4.69) is 0 Å². The van der Waals surface area contributed by atoms with E-state index < -0.39 is 31.0 Å². The van der Waals surface area contributed by atoms with Gasteiger partial charge in [0.1, 0.15) is 35.9 Å². The summed E-state index contributed by atoms with van der Waals surface area (Å²) in [5.74, 6) is -0.349. The molecule has 2 rings (SSSR count). The van der Waals surface area contributed by atoms with Crippen LogP contribution in [0.5, 0.6) is 11.5 Å². The molecule has 0 aliphatic carbocycles. The van der Waals surface area contributed by atoms with Crippen molar-refractivity contribution in [3.63, 3.8) is 0 Å². The first-order valence-corrected chi connectivity index (χ1v) is 5.19. The van der Waals surface area contributed by atoms with E-state index >= 15 is 0 Å². The molecule has 1 heterocycles.